The molecule has 0 unspecified atom stereocenters. The van der Waals surface area contributed by atoms with Gasteiger partial charge in [0.25, 0.3) is 0 Å². The molecule has 0 bridgehead atoms. The summed E-state index contributed by atoms with van der Waals surface area (Å²) in [6.45, 7) is 5.86. The van der Waals surface area contributed by atoms with E-state index in [0.29, 0.717) is 5.75 Å². The molecule has 0 fully saturated rings. The number of benzene rings is 1. The van der Waals surface area contributed by atoms with E-state index in [1.54, 1.807) is 11.3 Å². The smallest absolute Gasteiger partial charge is 0.172 e. The third-order valence-corrected chi connectivity index (χ3v) is 3.75. The average molecular weight is 275 g/mol. The van der Waals surface area contributed by atoms with Crippen molar-refractivity contribution in [2.24, 2.45) is 5.92 Å². The number of nitrogens with zero attached hydrogens (tertiary/aromatic N) is 1. The molecule has 1 aromatic heterocycles. The highest BCUT2D eigenvalue weighted by atomic mass is 32.1. The quantitative estimate of drug-likeness (QED) is 0.834. The Bertz CT molecular complexity index is 558. The number of aryl methyl sites for hydroxylation is 1. The van der Waals surface area contributed by atoms with E-state index in [1.807, 2.05) is 50.4 Å². The molecule has 1 heterocycles. The number of hydrogen-bond donors (Lipinski definition) is 0. The van der Waals surface area contributed by atoms with Gasteiger partial charge in [-0.25, -0.2) is 4.98 Å². The molecule has 2 aromatic rings. The third-order valence-electron chi connectivity index (χ3n) is 2.75. The zero-order valence-corrected chi connectivity index (χ0v) is 12.2. The van der Waals surface area contributed by atoms with E-state index in [4.69, 9.17) is 4.74 Å². The Morgan fingerprint density at radius 3 is 2.53 bits per heavy atom. The summed E-state index contributed by atoms with van der Waals surface area (Å²) in [6.07, 6.45) is 0. The fraction of sp³-hybridized carbons (Fsp3) is 0.333. The lowest BCUT2D eigenvalue weighted by atomic mass is 10.1. The van der Waals surface area contributed by atoms with Gasteiger partial charge in [0.1, 0.15) is 17.4 Å². The van der Waals surface area contributed by atoms with Crippen LogP contribution in [0.1, 0.15) is 19.5 Å². The summed E-state index contributed by atoms with van der Waals surface area (Å²) in [5, 5.41) is 3.03. The Morgan fingerprint density at radius 2 is 2.00 bits per heavy atom. The molecule has 2 rings (SSSR count). The summed E-state index contributed by atoms with van der Waals surface area (Å²) >= 11 is 1.62. The van der Waals surface area contributed by atoms with Crippen molar-refractivity contribution >= 4 is 17.1 Å². The molecule has 0 atom stereocenters. The Hall–Kier alpha value is -1.68. The zero-order valence-electron chi connectivity index (χ0n) is 11.3. The Kier molecular flexibility index (Phi) is 4.32. The van der Waals surface area contributed by atoms with Gasteiger partial charge in [0.15, 0.2) is 5.78 Å². The molecule has 1 aromatic carbocycles. The van der Waals surface area contributed by atoms with Crippen LogP contribution in [-0.2, 0) is 4.79 Å². The van der Waals surface area contributed by atoms with E-state index in [1.165, 1.54) is 0 Å². The topological polar surface area (TPSA) is 39.2 Å². The first-order valence-corrected chi connectivity index (χ1v) is 7.12. The molecule has 4 heteroatoms. The summed E-state index contributed by atoms with van der Waals surface area (Å²) in [6, 6.07) is 7.68. The fourth-order valence-corrected chi connectivity index (χ4v) is 2.31. The number of hydrogen-bond acceptors (Lipinski definition) is 4. The lowest BCUT2D eigenvalue weighted by Gasteiger charge is -2.07. The van der Waals surface area contributed by atoms with Crippen LogP contribution in [0.15, 0.2) is 29.6 Å². The third kappa shape index (κ3) is 3.64. The molecule has 0 spiro atoms. The molecule has 0 aliphatic carbocycles. The van der Waals surface area contributed by atoms with Crippen LogP contribution in [-0.4, -0.2) is 17.4 Å². The van der Waals surface area contributed by atoms with Crippen molar-refractivity contribution in [3.8, 4) is 16.3 Å². The second-order valence-electron chi connectivity index (χ2n) is 4.73. The van der Waals surface area contributed by atoms with Crippen LogP contribution in [0, 0.1) is 12.8 Å². The van der Waals surface area contributed by atoms with Crippen LogP contribution in [0.4, 0.5) is 0 Å². The van der Waals surface area contributed by atoms with E-state index in [2.05, 4.69) is 4.98 Å². The number of rotatable bonds is 5. The largest absolute Gasteiger partial charge is 0.486 e. The average Bonchev–Trinajstić information content (AvgIpc) is 2.83. The Balaban J connectivity index is 2.01. The zero-order chi connectivity index (χ0) is 13.8. The van der Waals surface area contributed by atoms with Gasteiger partial charge in [-0.3, -0.25) is 4.79 Å². The predicted octanol–water partition coefficient (Wildman–Crippen LogP) is 3.72. The van der Waals surface area contributed by atoms with Gasteiger partial charge in [0.2, 0.25) is 0 Å². The van der Waals surface area contributed by atoms with E-state index < -0.39 is 0 Å². The maximum absolute atomic E-state index is 11.5. The van der Waals surface area contributed by atoms with E-state index >= 15 is 0 Å². The first-order valence-electron chi connectivity index (χ1n) is 6.24. The van der Waals surface area contributed by atoms with Crippen molar-refractivity contribution in [1.29, 1.82) is 0 Å². The van der Waals surface area contributed by atoms with Crippen molar-refractivity contribution in [3.63, 3.8) is 0 Å². The van der Waals surface area contributed by atoms with Gasteiger partial charge in [-0.1, -0.05) is 13.8 Å². The maximum Gasteiger partial charge on any atom is 0.172 e. The van der Waals surface area contributed by atoms with Gasteiger partial charge >= 0.3 is 0 Å². The first kappa shape index (κ1) is 13.7. The molecular formula is C15H17NO2S. The Labute approximate surface area is 117 Å². The van der Waals surface area contributed by atoms with Gasteiger partial charge in [0.05, 0.1) is 0 Å². The van der Waals surface area contributed by atoms with Crippen molar-refractivity contribution in [2.75, 3.05) is 6.61 Å². The van der Waals surface area contributed by atoms with Gasteiger partial charge in [-0.15, -0.1) is 11.3 Å². The van der Waals surface area contributed by atoms with Crippen LogP contribution in [0.3, 0.4) is 0 Å². The van der Waals surface area contributed by atoms with Gasteiger partial charge in [0, 0.05) is 22.6 Å². The van der Waals surface area contributed by atoms with Crippen molar-refractivity contribution in [1.82, 2.24) is 4.98 Å². The predicted molar refractivity (Wildman–Crippen MR) is 77.6 cm³/mol. The molecule has 19 heavy (non-hydrogen) atoms. The maximum atomic E-state index is 11.5. The fourth-order valence-electron chi connectivity index (χ4n) is 1.50. The van der Waals surface area contributed by atoms with Gasteiger partial charge < -0.3 is 4.74 Å². The monoisotopic (exact) mass is 275 g/mol. The lowest BCUT2D eigenvalue weighted by molar-refractivity contribution is -0.123. The number of Topliss-reactive ketones (excluding diaryl/α,β-unsaturated/α-hetero) is 1. The number of ketones is 1. The highest BCUT2D eigenvalue weighted by Crippen LogP contribution is 2.25. The summed E-state index contributed by atoms with van der Waals surface area (Å²) < 4.78 is 5.46. The summed E-state index contributed by atoms with van der Waals surface area (Å²) in [7, 11) is 0. The van der Waals surface area contributed by atoms with Crippen LogP contribution >= 0.6 is 11.3 Å². The summed E-state index contributed by atoms with van der Waals surface area (Å²) in [4.78, 5) is 15.9. The van der Waals surface area contributed by atoms with Crippen LogP contribution in [0.25, 0.3) is 10.6 Å². The Morgan fingerprint density at radius 1 is 1.32 bits per heavy atom. The minimum absolute atomic E-state index is 0.0116. The number of aromatic nitrogens is 1. The number of thiazole rings is 1. The summed E-state index contributed by atoms with van der Waals surface area (Å²) in [5.41, 5.74) is 2.10. The molecule has 100 valence electrons. The van der Waals surface area contributed by atoms with Gasteiger partial charge in [-0.2, -0.15) is 0 Å². The molecule has 0 amide bonds. The molecule has 3 nitrogen and oxygen atoms in total. The summed E-state index contributed by atoms with van der Waals surface area (Å²) in [5.74, 6) is 0.836. The minimum atomic E-state index is 0.0116. The molecular weight excluding hydrogens is 258 g/mol. The molecule has 0 saturated heterocycles. The minimum Gasteiger partial charge on any atom is -0.486 e. The molecule has 0 saturated carbocycles. The number of carbonyl (C=O) groups is 1. The lowest BCUT2D eigenvalue weighted by Crippen LogP contribution is -2.16. The SMILES string of the molecule is Cc1csc(-c2ccc(OCC(=O)C(C)C)cc2)n1. The molecule has 0 N–H and O–H groups in total. The first-order chi connectivity index (χ1) is 9.06. The normalized spacial score (nSPS) is 10.7. The molecule has 0 radical (unpaired) electrons. The molecule has 0 aliphatic rings. The van der Waals surface area contributed by atoms with Crippen molar-refractivity contribution in [3.05, 3.63) is 35.3 Å². The highest BCUT2D eigenvalue weighted by molar-refractivity contribution is 7.13. The van der Waals surface area contributed by atoms with Crippen LogP contribution < -0.4 is 4.74 Å². The van der Waals surface area contributed by atoms with Gasteiger partial charge in [-0.05, 0) is 31.2 Å². The highest BCUT2D eigenvalue weighted by Gasteiger charge is 2.08. The van der Waals surface area contributed by atoms with Crippen molar-refractivity contribution in [2.45, 2.75) is 20.8 Å². The van der Waals surface area contributed by atoms with Crippen molar-refractivity contribution < 1.29 is 9.53 Å². The van der Waals surface area contributed by atoms with Crippen LogP contribution in [0.2, 0.25) is 0 Å². The second-order valence-corrected chi connectivity index (χ2v) is 5.59. The van der Waals surface area contributed by atoms with E-state index in [-0.39, 0.29) is 18.3 Å². The van der Waals surface area contributed by atoms with E-state index in [9.17, 15) is 4.79 Å². The van der Waals surface area contributed by atoms with E-state index in [0.717, 1.165) is 16.3 Å². The number of ether oxygens (including phenoxy) is 1. The standard InChI is InChI=1S/C15H17NO2S/c1-10(2)14(17)8-18-13-6-4-12(5-7-13)15-16-11(3)9-19-15/h4-7,9-10H,8H2,1-3H3. The number of carbonyl (C=O) groups excluding carboxylic acids is 1. The second kappa shape index (κ2) is 5.97. The van der Waals surface area contributed by atoms with Crippen LogP contribution in [0.5, 0.6) is 5.75 Å². The molecule has 0 aliphatic heterocycles.